The van der Waals surface area contributed by atoms with E-state index in [4.69, 9.17) is 0 Å². The third kappa shape index (κ3) is 4.02. The zero-order valence-electron chi connectivity index (χ0n) is 14.3. The number of aliphatic hydroxyl groups excluding tert-OH is 1. The molecule has 0 aliphatic carbocycles. The van der Waals surface area contributed by atoms with Gasteiger partial charge in [0.15, 0.2) is 0 Å². The summed E-state index contributed by atoms with van der Waals surface area (Å²) in [7, 11) is 0. The lowest BCUT2D eigenvalue weighted by molar-refractivity contribution is 0.0840. The van der Waals surface area contributed by atoms with Crippen molar-refractivity contribution in [2.75, 3.05) is 19.6 Å². The Labute approximate surface area is 135 Å². The lowest BCUT2D eigenvalue weighted by Gasteiger charge is -2.45. The molecular formula is C19H31NO2. The van der Waals surface area contributed by atoms with E-state index in [1.165, 1.54) is 5.56 Å². The van der Waals surface area contributed by atoms with Crippen LogP contribution in [-0.2, 0) is 5.41 Å². The molecule has 1 aliphatic heterocycles. The molecule has 0 aromatic heterocycles. The number of hydrogen-bond acceptors (Lipinski definition) is 3. The van der Waals surface area contributed by atoms with Crippen LogP contribution in [0.25, 0.3) is 0 Å². The van der Waals surface area contributed by atoms with Gasteiger partial charge in [0.1, 0.15) is 5.75 Å². The van der Waals surface area contributed by atoms with Crippen LogP contribution in [-0.4, -0.2) is 40.9 Å². The van der Waals surface area contributed by atoms with Gasteiger partial charge in [-0.2, -0.15) is 0 Å². The second-order valence-corrected chi connectivity index (χ2v) is 7.15. The molecule has 1 aromatic rings. The van der Waals surface area contributed by atoms with E-state index < -0.39 is 0 Å². The van der Waals surface area contributed by atoms with Crippen molar-refractivity contribution < 1.29 is 10.2 Å². The first kappa shape index (κ1) is 17.3. The van der Waals surface area contributed by atoms with Crippen molar-refractivity contribution in [3.63, 3.8) is 0 Å². The van der Waals surface area contributed by atoms with Crippen molar-refractivity contribution in [3.8, 4) is 5.75 Å². The predicted molar refractivity (Wildman–Crippen MR) is 91.2 cm³/mol. The average molecular weight is 305 g/mol. The van der Waals surface area contributed by atoms with Gasteiger partial charge >= 0.3 is 0 Å². The van der Waals surface area contributed by atoms with E-state index in [1.807, 2.05) is 12.1 Å². The average Bonchev–Trinajstić information content (AvgIpc) is 2.49. The molecule has 0 bridgehead atoms. The van der Waals surface area contributed by atoms with Crippen molar-refractivity contribution in [2.45, 2.75) is 58.0 Å². The Balaban J connectivity index is 1.94. The molecule has 22 heavy (non-hydrogen) atoms. The Bertz CT molecular complexity index is 476. The van der Waals surface area contributed by atoms with Crippen LogP contribution in [0.5, 0.6) is 5.75 Å². The summed E-state index contributed by atoms with van der Waals surface area (Å²) in [5.41, 5.74) is 1.36. The number of nitrogens with zero attached hydrogens (tertiary/aromatic N) is 1. The number of likely N-dealkylation sites (tertiary alicyclic amines) is 1. The standard InChI is InChI=1S/C19H31NO2/c1-4-6-17(21)9-11-20-12-10-19(3,15(2)14-20)16-7-5-8-18(22)13-16/h5,7-8,13,15,17,21-22H,4,6,9-12,14H2,1-3H3/t15-,17+,19-/m0/s1. The quantitative estimate of drug-likeness (QED) is 0.845. The second-order valence-electron chi connectivity index (χ2n) is 7.15. The number of aromatic hydroxyl groups is 1. The van der Waals surface area contributed by atoms with Crippen molar-refractivity contribution in [3.05, 3.63) is 29.8 Å². The summed E-state index contributed by atoms with van der Waals surface area (Å²) >= 11 is 0. The molecule has 1 fully saturated rings. The molecule has 1 aromatic carbocycles. The highest BCUT2D eigenvalue weighted by Crippen LogP contribution is 2.40. The lowest BCUT2D eigenvalue weighted by Crippen LogP contribution is -2.47. The molecule has 0 amide bonds. The van der Waals surface area contributed by atoms with Gasteiger partial charge in [-0.15, -0.1) is 0 Å². The maximum Gasteiger partial charge on any atom is 0.115 e. The van der Waals surface area contributed by atoms with Crippen LogP contribution in [0.3, 0.4) is 0 Å². The third-order valence-electron chi connectivity index (χ3n) is 5.47. The molecule has 0 unspecified atom stereocenters. The topological polar surface area (TPSA) is 43.7 Å². The van der Waals surface area contributed by atoms with E-state index in [1.54, 1.807) is 6.07 Å². The molecule has 1 heterocycles. The van der Waals surface area contributed by atoms with E-state index in [0.29, 0.717) is 11.7 Å². The van der Waals surface area contributed by atoms with Gasteiger partial charge < -0.3 is 15.1 Å². The fourth-order valence-corrected chi connectivity index (χ4v) is 3.62. The normalized spacial score (nSPS) is 27.7. The molecule has 1 saturated heterocycles. The maximum absolute atomic E-state index is 9.90. The molecular weight excluding hydrogens is 274 g/mol. The minimum absolute atomic E-state index is 0.122. The fraction of sp³-hybridized carbons (Fsp3) is 0.684. The molecule has 2 N–H and O–H groups in total. The van der Waals surface area contributed by atoms with Crippen LogP contribution >= 0.6 is 0 Å². The monoisotopic (exact) mass is 305 g/mol. The van der Waals surface area contributed by atoms with Crippen LogP contribution in [0.2, 0.25) is 0 Å². The molecule has 3 nitrogen and oxygen atoms in total. The van der Waals surface area contributed by atoms with Gasteiger partial charge in [0.05, 0.1) is 6.10 Å². The second kappa shape index (κ2) is 7.47. The van der Waals surface area contributed by atoms with Crippen LogP contribution < -0.4 is 0 Å². The maximum atomic E-state index is 9.90. The van der Waals surface area contributed by atoms with Crippen molar-refractivity contribution in [1.82, 2.24) is 4.90 Å². The van der Waals surface area contributed by atoms with Gasteiger partial charge in [-0.25, -0.2) is 0 Å². The summed E-state index contributed by atoms with van der Waals surface area (Å²) in [6, 6.07) is 7.73. The van der Waals surface area contributed by atoms with Crippen LogP contribution in [0.15, 0.2) is 24.3 Å². The summed E-state index contributed by atoms with van der Waals surface area (Å²) in [6.45, 7) is 9.85. The van der Waals surface area contributed by atoms with Crippen LogP contribution in [0, 0.1) is 5.92 Å². The van der Waals surface area contributed by atoms with E-state index in [9.17, 15) is 10.2 Å². The number of rotatable bonds is 6. The predicted octanol–water partition coefficient (Wildman–Crippen LogP) is 3.54. The number of aliphatic hydroxyl groups is 1. The summed E-state index contributed by atoms with van der Waals surface area (Å²) in [5.74, 6) is 0.891. The van der Waals surface area contributed by atoms with Crippen LogP contribution in [0.1, 0.15) is 52.0 Å². The minimum atomic E-state index is -0.153. The smallest absolute Gasteiger partial charge is 0.115 e. The largest absolute Gasteiger partial charge is 0.508 e. The summed E-state index contributed by atoms with van der Waals surface area (Å²) < 4.78 is 0. The number of phenolic OH excluding ortho intramolecular Hbond substituents is 1. The zero-order chi connectivity index (χ0) is 16.2. The SMILES string of the molecule is CCC[C@@H](O)CCN1CC[C@](C)(c2cccc(O)c2)[C@@H](C)C1. The Kier molecular flexibility index (Phi) is 5.87. The number of benzene rings is 1. The number of phenols is 1. The number of hydrogen-bond donors (Lipinski definition) is 2. The summed E-state index contributed by atoms with van der Waals surface area (Å²) in [6.07, 6.45) is 3.78. The van der Waals surface area contributed by atoms with Crippen LogP contribution in [0.4, 0.5) is 0 Å². The first-order valence-corrected chi connectivity index (χ1v) is 8.65. The number of piperidine rings is 1. The molecule has 2 rings (SSSR count). The van der Waals surface area contributed by atoms with E-state index in [2.05, 4.69) is 31.7 Å². The van der Waals surface area contributed by atoms with Gasteiger partial charge in [0, 0.05) is 13.1 Å². The Hall–Kier alpha value is -1.06. The molecule has 0 saturated carbocycles. The van der Waals surface area contributed by atoms with Gasteiger partial charge in [-0.05, 0) is 54.8 Å². The zero-order valence-corrected chi connectivity index (χ0v) is 14.3. The lowest BCUT2D eigenvalue weighted by atomic mass is 9.68. The minimum Gasteiger partial charge on any atom is -0.508 e. The van der Waals surface area contributed by atoms with Crippen molar-refractivity contribution >= 4 is 0 Å². The Morgan fingerprint density at radius 1 is 1.36 bits per heavy atom. The van der Waals surface area contributed by atoms with Gasteiger partial charge in [0.2, 0.25) is 0 Å². The van der Waals surface area contributed by atoms with Crippen molar-refractivity contribution in [1.29, 1.82) is 0 Å². The van der Waals surface area contributed by atoms with Gasteiger partial charge in [-0.1, -0.05) is 39.3 Å². The van der Waals surface area contributed by atoms with E-state index >= 15 is 0 Å². The van der Waals surface area contributed by atoms with Gasteiger partial charge in [-0.3, -0.25) is 0 Å². The van der Waals surface area contributed by atoms with Crippen molar-refractivity contribution in [2.24, 2.45) is 5.92 Å². The molecule has 0 spiro atoms. The Morgan fingerprint density at radius 2 is 2.14 bits per heavy atom. The first-order valence-electron chi connectivity index (χ1n) is 8.65. The molecule has 3 heteroatoms. The van der Waals surface area contributed by atoms with Gasteiger partial charge in [0.25, 0.3) is 0 Å². The highest BCUT2D eigenvalue weighted by atomic mass is 16.3. The molecule has 0 radical (unpaired) electrons. The Morgan fingerprint density at radius 3 is 2.77 bits per heavy atom. The summed E-state index contributed by atoms with van der Waals surface area (Å²) in [4.78, 5) is 2.48. The highest BCUT2D eigenvalue weighted by molar-refractivity contribution is 5.33. The third-order valence-corrected chi connectivity index (χ3v) is 5.47. The summed E-state index contributed by atoms with van der Waals surface area (Å²) in [5, 5.41) is 19.7. The first-order chi connectivity index (χ1) is 10.5. The van der Waals surface area contributed by atoms with E-state index in [-0.39, 0.29) is 11.5 Å². The molecule has 3 atom stereocenters. The highest BCUT2D eigenvalue weighted by Gasteiger charge is 2.37. The molecule has 1 aliphatic rings. The fourth-order valence-electron chi connectivity index (χ4n) is 3.62. The molecule has 124 valence electrons. The van der Waals surface area contributed by atoms with E-state index in [0.717, 1.165) is 45.3 Å².